The van der Waals surface area contributed by atoms with Crippen molar-refractivity contribution in [2.45, 2.75) is 64.0 Å². The predicted octanol–water partition coefficient (Wildman–Crippen LogP) is 3.26. The Bertz CT molecular complexity index is 371. The summed E-state index contributed by atoms with van der Waals surface area (Å²) in [5.74, 6) is 0. The highest BCUT2D eigenvalue weighted by Crippen LogP contribution is 2.41. The van der Waals surface area contributed by atoms with Gasteiger partial charge in [-0.3, -0.25) is 0 Å². The van der Waals surface area contributed by atoms with Crippen LogP contribution in [0.1, 0.15) is 64.0 Å². The fourth-order valence-electron chi connectivity index (χ4n) is 3.31. The second-order valence-electron chi connectivity index (χ2n) is 5.62. The highest BCUT2D eigenvalue weighted by Gasteiger charge is 2.41. The van der Waals surface area contributed by atoms with Gasteiger partial charge in [0.15, 0.2) is 0 Å². The molecule has 1 aliphatic rings. The molecule has 112 valence electrons. The van der Waals surface area contributed by atoms with Gasteiger partial charge in [0.25, 0.3) is 0 Å². The minimum atomic E-state index is -0.0904. The first-order valence-electron chi connectivity index (χ1n) is 7.94. The number of hydrogen-bond donors (Lipinski definition) is 1. The Labute approximate surface area is 122 Å². The summed E-state index contributed by atoms with van der Waals surface area (Å²) in [5.41, 5.74) is 1.06. The van der Waals surface area contributed by atoms with Crippen LogP contribution in [-0.2, 0) is 4.74 Å². The first-order chi connectivity index (χ1) is 9.82. The van der Waals surface area contributed by atoms with Gasteiger partial charge in [0.2, 0.25) is 0 Å². The Morgan fingerprint density at radius 3 is 2.50 bits per heavy atom. The summed E-state index contributed by atoms with van der Waals surface area (Å²) in [6.45, 7) is 6.04. The van der Waals surface area contributed by atoms with Crippen LogP contribution in [0.25, 0.3) is 0 Å². The molecule has 1 aromatic heterocycles. The zero-order valence-electron chi connectivity index (χ0n) is 12.8. The molecule has 1 fully saturated rings. The number of nitrogens with one attached hydrogen (secondary N) is 1. The van der Waals surface area contributed by atoms with Gasteiger partial charge in [-0.2, -0.15) is 0 Å². The fraction of sp³-hybridized carbons (Fsp3) is 0.750. The van der Waals surface area contributed by atoms with E-state index < -0.39 is 0 Å². The van der Waals surface area contributed by atoms with Gasteiger partial charge in [0.1, 0.15) is 6.33 Å². The molecule has 1 saturated carbocycles. The molecule has 0 amide bonds. The van der Waals surface area contributed by atoms with E-state index in [0.29, 0.717) is 0 Å². The maximum Gasteiger partial charge on any atom is 0.115 e. The molecular weight excluding hydrogens is 250 g/mol. The summed E-state index contributed by atoms with van der Waals surface area (Å²) in [4.78, 5) is 8.39. The molecule has 1 unspecified atom stereocenters. The average Bonchev–Trinajstić information content (AvgIpc) is 2.50. The van der Waals surface area contributed by atoms with E-state index in [1.807, 2.05) is 12.4 Å². The van der Waals surface area contributed by atoms with Crippen molar-refractivity contribution in [1.29, 1.82) is 0 Å². The lowest BCUT2D eigenvalue weighted by Gasteiger charge is -2.43. The third kappa shape index (κ3) is 3.55. The Morgan fingerprint density at radius 1 is 1.20 bits per heavy atom. The molecule has 0 spiro atoms. The minimum Gasteiger partial charge on any atom is -0.373 e. The third-order valence-electron chi connectivity index (χ3n) is 4.17. The van der Waals surface area contributed by atoms with Crippen LogP contribution in [0, 0.1) is 0 Å². The summed E-state index contributed by atoms with van der Waals surface area (Å²) >= 11 is 0. The Morgan fingerprint density at radius 2 is 1.90 bits per heavy atom. The summed E-state index contributed by atoms with van der Waals surface area (Å²) < 4.78 is 6.27. The number of ether oxygens (including phenoxy) is 1. The molecule has 0 aliphatic heterocycles. The largest absolute Gasteiger partial charge is 0.373 e. The lowest BCUT2D eigenvalue weighted by atomic mass is 9.77. The zero-order valence-corrected chi connectivity index (χ0v) is 12.8. The van der Waals surface area contributed by atoms with Gasteiger partial charge in [0, 0.05) is 24.6 Å². The molecule has 20 heavy (non-hydrogen) atoms. The predicted molar refractivity (Wildman–Crippen MR) is 80.5 cm³/mol. The SMILES string of the molecule is CCCNC(c1cncnc1)C1(OCC)CCCCC1. The van der Waals surface area contributed by atoms with Crippen LogP contribution in [0.5, 0.6) is 0 Å². The van der Waals surface area contributed by atoms with Crippen molar-refractivity contribution >= 4 is 0 Å². The van der Waals surface area contributed by atoms with Crippen LogP contribution < -0.4 is 5.32 Å². The lowest BCUT2D eigenvalue weighted by Crippen LogP contribution is -2.48. The van der Waals surface area contributed by atoms with Gasteiger partial charge >= 0.3 is 0 Å². The highest BCUT2D eigenvalue weighted by molar-refractivity contribution is 5.16. The number of aromatic nitrogens is 2. The fourth-order valence-corrected chi connectivity index (χ4v) is 3.31. The first-order valence-corrected chi connectivity index (χ1v) is 7.94. The van der Waals surface area contributed by atoms with Gasteiger partial charge in [-0.1, -0.05) is 26.2 Å². The van der Waals surface area contributed by atoms with Crippen molar-refractivity contribution in [2.75, 3.05) is 13.2 Å². The molecule has 0 aromatic carbocycles. The Kier molecular flexibility index (Phi) is 5.92. The summed E-state index contributed by atoms with van der Waals surface area (Å²) in [6, 6.07) is 0.198. The van der Waals surface area contributed by atoms with Crippen molar-refractivity contribution in [3.63, 3.8) is 0 Å². The van der Waals surface area contributed by atoms with E-state index in [1.54, 1.807) is 6.33 Å². The van der Waals surface area contributed by atoms with E-state index >= 15 is 0 Å². The van der Waals surface area contributed by atoms with Gasteiger partial charge in [-0.25, -0.2) is 9.97 Å². The molecule has 0 bridgehead atoms. The molecule has 1 atom stereocenters. The van der Waals surface area contributed by atoms with Crippen LogP contribution in [0.15, 0.2) is 18.7 Å². The maximum atomic E-state index is 6.27. The van der Waals surface area contributed by atoms with Crippen molar-refractivity contribution in [2.24, 2.45) is 0 Å². The molecular formula is C16H27N3O. The number of nitrogens with zero attached hydrogens (tertiary/aromatic N) is 2. The van der Waals surface area contributed by atoms with Crippen molar-refractivity contribution < 1.29 is 4.74 Å². The molecule has 1 N–H and O–H groups in total. The summed E-state index contributed by atoms with van der Waals surface area (Å²) in [7, 11) is 0. The van der Waals surface area contributed by atoms with E-state index in [4.69, 9.17) is 4.74 Å². The van der Waals surface area contributed by atoms with Gasteiger partial charge in [0.05, 0.1) is 11.6 Å². The summed E-state index contributed by atoms with van der Waals surface area (Å²) in [5, 5.41) is 3.68. The van der Waals surface area contributed by atoms with Crippen LogP contribution in [0.3, 0.4) is 0 Å². The van der Waals surface area contributed by atoms with Crippen LogP contribution >= 0.6 is 0 Å². The van der Waals surface area contributed by atoms with Crippen LogP contribution in [-0.4, -0.2) is 28.7 Å². The zero-order chi connectivity index (χ0) is 14.3. The topological polar surface area (TPSA) is 47.0 Å². The molecule has 4 heteroatoms. The van der Waals surface area contributed by atoms with E-state index in [-0.39, 0.29) is 11.6 Å². The molecule has 1 aliphatic carbocycles. The van der Waals surface area contributed by atoms with Crippen LogP contribution in [0.4, 0.5) is 0 Å². The van der Waals surface area contributed by atoms with Gasteiger partial charge in [-0.15, -0.1) is 0 Å². The normalized spacial score (nSPS) is 19.7. The van der Waals surface area contributed by atoms with Crippen molar-refractivity contribution in [1.82, 2.24) is 15.3 Å². The molecule has 0 saturated heterocycles. The Hall–Kier alpha value is -1.00. The highest BCUT2D eigenvalue weighted by atomic mass is 16.5. The van der Waals surface area contributed by atoms with Crippen LogP contribution in [0.2, 0.25) is 0 Å². The molecule has 1 heterocycles. The van der Waals surface area contributed by atoms with E-state index in [2.05, 4.69) is 29.1 Å². The van der Waals surface area contributed by atoms with E-state index in [1.165, 1.54) is 19.3 Å². The third-order valence-corrected chi connectivity index (χ3v) is 4.17. The monoisotopic (exact) mass is 277 g/mol. The van der Waals surface area contributed by atoms with Crippen molar-refractivity contribution in [3.8, 4) is 0 Å². The smallest absolute Gasteiger partial charge is 0.115 e. The first kappa shape index (κ1) is 15.4. The van der Waals surface area contributed by atoms with E-state index in [0.717, 1.165) is 38.0 Å². The molecule has 4 nitrogen and oxygen atoms in total. The molecule has 0 radical (unpaired) electrons. The summed E-state index contributed by atoms with van der Waals surface area (Å²) in [6.07, 6.45) is 12.6. The van der Waals surface area contributed by atoms with Gasteiger partial charge < -0.3 is 10.1 Å². The second-order valence-corrected chi connectivity index (χ2v) is 5.62. The standard InChI is InChI=1S/C16H27N3O/c1-3-10-19-15(14-11-17-13-18-12-14)16(20-4-2)8-6-5-7-9-16/h11-13,15,19H,3-10H2,1-2H3. The van der Waals surface area contributed by atoms with E-state index in [9.17, 15) is 0 Å². The number of hydrogen-bond acceptors (Lipinski definition) is 4. The average molecular weight is 277 g/mol. The molecule has 2 rings (SSSR count). The van der Waals surface area contributed by atoms with Crippen molar-refractivity contribution in [3.05, 3.63) is 24.3 Å². The maximum absolute atomic E-state index is 6.27. The van der Waals surface area contributed by atoms with Gasteiger partial charge in [-0.05, 0) is 32.7 Å². The second kappa shape index (κ2) is 7.70. The Balaban J connectivity index is 2.26. The quantitative estimate of drug-likeness (QED) is 0.831. The lowest BCUT2D eigenvalue weighted by molar-refractivity contribution is -0.0913. The number of rotatable bonds is 7. The molecule has 1 aromatic rings. The minimum absolute atomic E-state index is 0.0904.